The highest BCUT2D eigenvalue weighted by atomic mass is 32.2. The number of carbonyl (C=O) groups excluding carboxylic acids is 1. The van der Waals surface area contributed by atoms with E-state index < -0.39 is 10.0 Å². The molecule has 8 heteroatoms. The van der Waals surface area contributed by atoms with Gasteiger partial charge in [0.2, 0.25) is 0 Å². The van der Waals surface area contributed by atoms with Crippen LogP contribution < -0.4 is 9.46 Å². The van der Waals surface area contributed by atoms with Gasteiger partial charge in [-0.25, -0.2) is 8.42 Å². The normalized spacial score (nSPS) is 13.6. The molecule has 30 heavy (non-hydrogen) atoms. The van der Waals surface area contributed by atoms with Gasteiger partial charge in [0, 0.05) is 29.2 Å². The van der Waals surface area contributed by atoms with Gasteiger partial charge in [-0.15, -0.1) is 11.3 Å². The number of nitrogens with one attached hydrogen (secondary N) is 1. The third-order valence-corrected chi connectivity index (χ3v) is 7.31. The van der Waals surface area contributed by atoms with Crippen molar-refractivity contribution in [2.24, 2.45) is 0 Å². The predicted molar refractivity (Wildman–Crippen MR) is 118 cm³/mol. The van der Waals surface area contributed by atoms with E-state index in [-0.39, 0.29) is 10.8 Å². The van der Waals surface area contributed by atoms with Crippen molar-refractivity contribution in [1.82, 2.24) is 4.90 Å². The lowest BCUT2D eigenvalue weighted by atomic mass is 10.1. The van der Waals surface area contributed by atoms with Gasteiger partial charge in [0.15, 0.2) is 0 Å². The van der Waals surface area contributed by atoms with Crippen LogP contribution in [-0.2, 0) is 23.0 Å². The Balaban J connectivity index is 1.51. The fourth-order valence-corrected chi connectivity index (χ4v) is 5.39. The molecule has 0 atom stereocenters. The van der Waals surface area contributed by atoms with Gasteiger partial charge in [-0.3, -0.25) is 9.52 Å². The Morgan fingerprint density at radius 3 is 2.73 bits per heavy atom. The summed E-state index contributed by atoms with van der Waals surface area (Å²) in [4.78, 5) is 16.1. The molecule has 0 aliphatic carbocycles. The highest BCUT2D eigenvalue weighted by Gasteiger charge is 2.24. The molecule has 1 aliphatic rings. The zero-order valence-corrected chi connectivity index (χ0v) is 18.1. The largest absolute Gasteiger partial charge is 0.494 e. The summed E-state index contributed by atoms with van der Waals surface area (Å²) in [6, 6.07) is 14.9. The average molecular weight is 443 g/mol. The Hall–Kier alpha value is -2.84. The number of carbonyl (C=O) groups is 1. The topological polar surface area (TPSA) is 75.7 Å². The second-order valence-corrected chi connectivity index (χ2v) is 9.62. The van der Waals surface area contributed by atoms with Gasteiger partial charge in [0.25, 0.3) is 15.9 Å². The van der Waals surface area contributed by atoms with Crippen LogP contribution in [0.3, 0.4) is 0 Å². The average Bonchev–Trinajstić information content (AvgIpc) is 3.22. The van der Waals surface area contributed by atoms with E-state index in [1.807, 2.05) is 18.4 Å². The van der Waals surface area contributed by atoms with Crippen LogP contribution in [0, 0.1) is 0 Å². The molecule has 0 unspecified atom stereocenters. The molecule has 1 N–H and O–H groups in total. The van der Waals surface area contributed by atoms with Crippen LogP contribution in [0.15, 0.2) is 64.9 Å². The number of rotatable bonds is 6. The third-order valence-electron chi connectivity index (χ3n) is 4.90. The summed E-state index contributed by atoms with van der Waals surface area (Å²) < 4.78 is 33.6. The van der Waals surface area contributed by atoms with Crippen molar-refractivity contribution in [2.45, 2.75) is 24.8 Å². The lowest BCUT2D eigenvalue weighted by Gasteiger charge is -2.27. The second kappa shape index (κ2) is 8.49. The fraction of sp³-hybridized carbons (Fsp3) is 0.227. The number of nitrogens with zero attached hydrogens (tertiary/aromatic N) is 1. The van der Waals surface area contributed by atoms with Crippen molar-refractivity contribution in [3.8, 4) is 5.75 Å². The number of fused-ring (bicyclic) bond motifs is 1. The molecule has 1 aliphatic heterocycles. The van der Waals surface area contributed by atoms with Gasteiger partial charge in [-0.05, 0) is 72.8 Å². The lowest BCUT2D eigenvalue weighted by Crippen LogP contribution is -2.35. The highest BCUT2D eigenvalue weighted by molar-refractivity contribution is 7.92. The monoisotopic (exact) mass is 442 g/mol. The summed E-state index contributed by atoms with van der Waals surface area (Å²) in [7, 11) is -3.82. The Labute approximate surface area is 180 Å². The molecule has 156 valence electrons. The van der Waals surface area contributed by atoms with Crippen molar-refractivity contribution < 1.29 is 17.9 Å². The Morgan fingerprint density at radius 1 is 1.17 bits per heavy atom. The molecule has 0 bridgehead atoms. The standard InChI is InChI=1S/C22H22N2O4S2/c1-2-28-19-8-6-18(7-9-19)23-30(26,27)20-5-3-4-16(14-20)22(25)24-12-10-21-17(15-24)11-13-29-21/h3-9,11,13-14,23H,2,10,12,15H2,1H3. The molecule has 1 aromatic heterocycles. The fourth-order valence-electron chi connectivity index (χ4n) is 3.40. The summed E-state index contributed by atoms with van der Waals surface area (Å²) in [6.45, 7) is 3.61. The molecule has 3 aromatic rings. The van der Waals surface area contributed by atoms with E-state index in [2.05, 4.69) is 4.72 Å². The summed E-state index contributed by atoms with van der Waals surface area (Å²) in [5.41, 5.74) is 1.96. The first-order valence-electron chi connectivity index (χ1n) is 9.66. The second-order valence-electron chi connectivity index (χ2n) is 6.94. The quantitative estimate of drug-likeness (QED) is 0.622. The first kappa shape index (κ1) is 20.4. The Kier molecular flexibility index (Phi) is 5.78. The van der Waals surface area contributed by atoms with Crippen molar-refractivity contribution in [3.05, 3.63) is 76.0 Å². The van der Waals surface area contributed by atoms with Gasteiger partial charge in [0.1, 0.15) is 5.75 Å². The van der Waals surface area contributed by atoms with Crippen molar-refractivity contribution in [1.29, 1.82) is 0 Å². The Bertz CT molecular complexity index is 1150. The van der Waals surface area contributed by atoms with E-state index in [0.29, 0.717) is 36.7 Å². The number of hydrogen-bond donors (Lipinski definition) is 1. The molecule has 0 fully saturated rings. The number of thiophene rings is 1. The Morgan fingerprint density at radius 2 is 1.97 bits per heavy atom. The van der Waals surface area contributed by atoms with Crippen molar-refractivity contribution in [3.63, 3.8) is 0 Å². The van der Waals surface area contributed by atoms with E-state index in [4.69, 9.17) is 4.74 Å². The van der Waals surface area contributed by atoms with E-state index in [1.165, 1.54) is 22.6 Å². The molecule has 0 saturated heterocycles. The molecule has 2 heterocycles. The van der Waals surface area contributed by atoms with Crippen LogP contribution >= 0.6 is 11.3 Å². The van der Waals surface area contributed by atoms with Gasteiger partial charge < -0.3 is 9.64 Å². The van der Waals surface area contributed by atoms with Gasteiger partial charge in [-0.2, -0.15) is 0 Å². The van der Waals surface area contributed by atoms with E-state index in [1.54, 1.807) is 52.6 Å². The van der Waals surface area contributed by atoms with E-state index >= 15 is 0 Å². The molecule has 0 saturated carbocycles. The van der Waals surface area contributed by atoms with Crippen LogP contribution in [0.2, 0.25) is 0 Å². The third kappa shape index (κ3) is 4.34. The molecule has 1 amide bonds. The minimum Gasteiger partial charge on any atom is -0.494 e. The molecular weight excluding hydrogens is 420 g/mol. The molecule has 6 nitrogen and oxygen atoms in total. The van der Waals surface area contributed by atoms with Crippen LogP contribution in [0.25, 0.3) is 0 Å². The molecular formula is C22H22N2O4S2. The minimum absolute atomic E-state index is 0.0514. The number of amides is 1. The zero-order chi connectivity index (χ0) is 21.1. The van der Waals surface area contributed by atoms with Gasteiger partial charge in [0.05, 0.1) is 11.5 Å². The number of hydrogen-bond acceptors (Lipinski definition) is 5. The van der Waals surface area contributed by atoms with E-state index in [0.717, 1.165) is 6.42 Å². The molecule has 0 spiro atoms. The molecule has 2 aromatic carbocycles. The number of anilines is 1. The highest BCUT2D eigenvalue weighted by Crippen LogP contribution is 2.26. The number of sulfonamides is 1. The summed E-state index contributed by atoms with van der Waals surface area (Å²) in [5, 5.41) is 2.04. The predicted octanol–water partition coefficient (Wildman–Crippen LogP) is 4.15. The minimum atomic E-state index is -3.82. The molecule has 0 radical (unpaired) electrons. The zero-order valence-electron chi connectivity index (χ0n) is 16.5. The number of benzene rings is 2. The van der Waals surface area contributed by atoms with Crippen LogP contribution in [0.5, 0.6) is 5.75 Å². The maximum Gasteiger partial charge on any atom is 0.261 e. The van der Waals surface area contributed by atoms with Crippen LogP contribution in [0.1, 0.15) is 27.7 Å². The first-order valence-corrected chi connectivity index (χ1v) is 12.0. The van der Waals surface area contributed by atoms with Crippen molar-refractivity contribution in [2.75, 3.05) is 17.9 Å². The smallest absolute Gasteiger partial charge is 0.261 e. The lowest BCUT2D eigenvalue weighted by molar-refractivity contribution is 0.0735. The SMILES string of the molecule is CCOc1ccc(NS(=O)(=O)c2cccc(C(=O)N3CCc4sccc4C3)c2)cc1. The summed E-state index contributed by atoms with van der Waals surface area (Å²) in [6.07, 6.45) is 0.829. The van der Waals surface area contributed by atoms with Crippen LogP contribution in [-0.4, -0.2) is 32.4 Å². The van der Waals surface area contributed by atoms with Gasteiger partial charge >= 0.3 is 0 Å². The van der Waals surface area contributed by atoms with Crippen molar-refractivity contribution >= 4 is 33.0 Å². The number of ether oxygens (including phenoxy) is 1. The maximum atomic E-state index is 13.0. The first-order chi connectivity index (χ1) is 14.5. The van der Waals surface area contributed by atoms with E-state index in [9.17, 15) is 13.2 Å². The molecule has 4 rings (SSSR count). The maximum absolute atomic E-state index is 13.0. The summed E-state index contributed by atoms with van der Waals surface area (Å²) in [5.74, 6) is 0.508. The summed E-state index contributed by atoms with van der Waals surface area (Å²) >= 11 is 1.71. The van der Waals surface area contributed by atoms with Gasteiger partial charge in [-0.1, -0.05) is 6.07 Å². The van der Waals surface area contributed by atoms with Crippen LogP contribution in [0.4, 0.5) is 5.69 Å².